The lowest BCUT2D eigenvalue weighted by molar-refractivity contribution is 0.257. The Morgan fingerprint density at radius 2 is 2.11 bits per heavy atom. The smallest absolute Gasteiger partial charge is 0.244 e. The molecular formula is C11H19N3O3S. The zero-order valence-electron chi connectivity index (χ0n) is 10.6. The molecule has 0 bridgehead atoms. The van der Waals surface area contributed by atoms with Crippen LogP contribution in [0.4, 0.5) is 5.82 Å². The van der Waals surface area contributed by atoms with Gasteiger partial charge in [0.25, 0.3) is 0 Å². The Bertz CT molecular complexity index is 459. The lowest BCUT2D eigenvalue weighted by Gasteiger charge is -2.19. The normalized spacial score (nSPS) is 11.8. The van der Waals surface area contributed by atoms with E-state index in [-0.39, 0.29) is 18.0 Å². The Labute approximate surface area is 108 Å². The molecule has 1 heterocycles. The van der Waals surface area contributed by atoms with Crippen LogP contribution in [-0.4, -0.2) is 49.1 Å². The number of aromatic nitrogens is 1. The van der Waals surface area contributed by atoms with E-state index >= 15 is 0 Å². The van der Waals surface area contributed by atoms with Gasteiger partial charge in [-0.05, 0) is 19.1 Å². The average Bonchev–Trinajstić information content (AvgIpc) is 2.36. The van der Waals surface area contributed by atoms with Crippen LogP contribution in [0.5, 0.6) is 0 Å². The summed E-state index contributed by atoms with van der Waals surface area (Å²) in [6, 6.07) is 3.14. The fraction of sp³-hybridized carbons (Fsp3) is 0.545. The summed E-state index contributed by atoms with van der Waals surface area (Å²) in [6.07, 6.45) is 1.33. The number of hydrogen-bond donors (Lipinski definition) is 2. The number of nitrogens with zero attached hydrogens (tertiary/aromatic N) is 2. The lowest BCUT2D eigenvalue weighted by atomic mass is 10.4. The van der Waals surface area contributed by atoms with E-state index in [0.29, 0.717) is 12.4 Å². The van der Waals surface area contributed by atoms with Gasteiger partial charge in [0.2, 0.25) is 10.0 Å². The van der Waals surface area contributed by atoms with E-state index in [1.54, 1.807) is 13.0 Å². The summed E-state index contributed by atoms with van der Waals surface area (Å²) in [7, 11) is -3.56. The molecule has 1 rings (SSSR count). The van der Waals surface area contributed by atoms with Crippen molar-refractivity contribution in [3.8, 4) is 0 Å². The minimum Gasteiger partial charge on any atom is -0.395 e. The van der Waals surface area contributed by atoms with Crippen LogP contribution in [0.3, 0.4) is 0 Å². The maximum atomic E-state index is 12.2. The summed E-state index contributed by atoms with van der Waals surface area (Å²) in [4.78, 5) is 4.17. The molecule has 0 radical (unpaired) electrons. The topological polar surface area (TPSA) is 82.5 Å². The highest BCUT2D eigenvalue weighted by molar-refractivity contribution is 7.89. The summed E-state index contributed by atoms with van der Waals surface area (Å²) in [6.45, 7) is 4.60. The summed E-state index contributed by atoms with van der Waals surface area (Å²) in [5.74, 6) is 0.640. The SMILES string of the molecule is CCNc1ccc(S(=O)(=O)N(CC)CCO)cn1. The van der Waals surface area contributed by atoms with Crippen LogP contribution >= 0.6 is 0 Å². The monoisotopic (exact) mass is 273 g/mol. The number of nitrogens with one attached hydrogen (secondary N) is 1. The highest BCUT2D eigenvalue weighted by Gasteiger charge is 2.22. The lowest BCUT2D eigenvalue weighted by Crippen LogP contribution is -2.33. The number of anilines is 1. The first-order chi connectivity index (χ1) is 8.56. The number of sulfonamides is 1. The molecule has 0 unspecified atom stereocenters. The van der Waals surface area contributed by atoms with E-state index in [1.807, 2.05) is 6.92 Å². The van der Waals surface area contributed by atoms with Crippen LogP contribution in [0.15, 0.2) is 23.2 Å². The average molecular weight is 273 g/mol. The summed E-state index contributed by atoms with van der Waals surface area (Å²) >= 11 is 0. The number of pyridine rings is 1. The van der Waals surface area contributed by atoms with Crippen molar-refractivity contribution in [3.63, 3.8) is 0 Å². The van der Waals surface area contributed by atoms with Gasteiger partial charge in [0.1, 0.15) is 10.7 Å². The Morgan fingerprint density at radius 1 is 1.39 bits per heavy atom. The molecule has 6 nitrogen and oxygen atoms in total. The van der Waals surface area contributed by atoms with Crippen molar-refractivity contribution in [2.24, 2.45) is 0 Å². The predicted molar refractivity (Wildman–Crippen MR) is 69.9 cm³/mol. The van der Waals surface area contributed by atoms with Gasteiger partial charge in [0.15, 0.2) is 0 Å². The van der Waals surface area contributed by atoms with Crippen LogP contribution in [-0.2, 0) is 10.0 Å². The van der Waals surface area contributed by atoms with Gasteiger partial charge in [-0.15, -0.1) is 0 Å². The molecule has 0 aliphatic carbocycles. The molecule has 7 heteroatoms. The molecule has 0 aromatic carbocycles. The molecule has 102 valence electrons. The number of aliphatic hydroxyl groups is 1. The van der Waals surface area contributed by atoms with Crippen molar-refractivity contribution in [1.29, 1.82) is 0 Å². The van der Waals surface area contributed by atoms with Crippen molar-refractivity contribution < 1.29 is 13.5 Å². The van der Waals surface area contributed by atoms with Gasteiger partial charge in [0.05, 0.1) is 6.61 Å². The second-order valence-electron chi connectivity index (χ2n) is 3.63. The van der Waals surface area contributed by atoms with Gasteiger partial charge in [0, 0.05) is 25.8 Å². The molecule has 0 saturated carbocycles. The Kier molecular flexibility index (Phi) is 5.52. The molecule has 1 aromatic rings. The van der Waals surface area contributed by atoms with Gasteiger partial charge in [-0.1, -0.05) is 6.92 Å². The van der Waals surface area contributed by atoms with Gasteiger partial charge in [-0.3, -0.25) is 0 Å². The number of rotatable bonds is 7. The van der Waals surface area contributed by atoms with E-state index in [9.17, 15) is 8.42 Å². The van der Waals surface area contributed by atoms with E-state index < -0.39 is 10.0 Å². The van der Waals surface area contributed by atoms with Crippen molar-refractivity contribution in [3.05, 3.63) is 18.3 Å². The first kappa shape index (κ1) is 14.9. The molecule has 0 aliphatic heterocycles. The summed E-state index contributed by atoms with van der Waals surface area (Å²) < 4.78 is 25.6. The second kappa shape index (κ2) is 6.67. The fourth-order valence-corrected chi connectivity index (χ4v) is 2.91. The van der Waals surface area contributed by atoms with Crippen LogP contribution in [0.25, 0.3) is 0 Å². The molecule has 0 atom stereocenters. The highest BCUT2D eigenvalue weighted by Crippen LogP contribution is 2.15. The molecule has 0 aliphatic rings. The van der Waals surface area contributed by atoms with E-state index in [2.05, 4.69) is 10.3 Å². The zero-order chi connectivity index (χ0) is 13.6. The molecule has 2 N–H and O–H groups in total. The van der Waals surface area contributed by atoms with Gasteiger partial charge >= 0.3 is 0 Å². The number of hydrogen-bond acceptors (Lipinski definition) is 5. The minimum absolute atomic E-state index is 0.0911. The van der Waals surface area contributed by atoms with E-state index in [4.69, 9.17) is 5.11 Å². The second-order valence-corrected chi connectivity index (χ2v) is 5.57. The third kappa shape index (κ3) is 3.41. The molecule has 1 aromatic heterocycles. The third-order valence-corrected chi connectivity index (χ3v) is 4.39. The van der Waals surface area contributed by atoms with Crippen molar-refractivity contribution >= 4 is 15.8 Å². The predicted octanol–water partition coefficient (Wildman–Crippen LogP) is 0.516. The Balaban J connectivity index is 2.97. The maximum Gasteiger partial charge on any atom is 0.244 e. The van der Waals surface area contributed by atoms with Crippen LogP contribution in [0.1, 0.15) is 13.8 Å². The van der Waals surface area contributed by atoms with Crippen molar-refractivity contribution in [2.75, 3.05) is 31.6 Å². The molecule has 18 heavy (non-hydrogen) atoms. The molecular weight excluding hydrogens is 254 g/mol. The number of likely N-dealkylation sites (N-methyl/N-ethyl adjacent to an activating group) is 1. The summed E-state index contributed by atoms with van der Waals surface area (Å²) in [5, 5.41) is 11.9. The van der Waals surface area contributed by atoms with Crippen LogP contribution < -0.4 is 5.32 Å². The van der Waals surface area contributed by atoms with Gasteiger partial charge in [-0.25, -0.2) is 13.4 Å². The van der Waals surface area contributed by atoms with Crippen LogP contribution in [0, 0.1) is 0 Å². The molecule has 0 saturated heterocycles. The first-order valence-electron chi connectivity index (χ1n) is 5.87. The van der Waals surface area contributed by atoms with Crippen LogP contribution in [0.2, 0.25) is 0 Å². The number of aliphatic hydroxyl groups excluding tert-OH is 1. The Hall–Kier alpha value is -1.18. The first-order valence-corrected chi connectivity index (χ1v) is 7.31. The largest absolute Gasteiger partial charge is 0.395 e. The van der Waals surface area contributed by atoms with Gasteiger partial charge in [-0.2, -0.15) is 4.31 Å². The third-order valence-electron chi connectivity index (χ3n) is 2.43. The fourth-order valence-electron chi connectivity index (χ4n) is 1.53. The van der Waals surface area contributed by atoms with Crippen molar-refractivity contribution in [1.82, 2.24) is 9.29 Å². The molecule has 0 fully saturated rings. The zero-order valence-corrected chi connectivity index (χ0v) is 11.4. The molecule has 0 spiro atoms. The van der Waals surface area contributed by atoms with E-state index in [0.717, 1.165) is 6.54 Å². The highest BCUT2D eigenvalue weighted by atomic mass is 32.2. The summed E-state index contributed by atoms with van der Waals surface area (Å²) in [5.41, 5.74) is 0. The molecule has 0 amide bonds. The minimum atomic E-state index is -3.56. The van der Waals surface area contributed by atoms with Crippen molar-refractivity contribution in [2.45, 2.75) is 18.7 Å². The standard InChI is InChI=1S/C11H19N3O3S/c1-3-12-11-6-5-10(9-13-11)18(16,17)14(4-2)7-8-15/h5-6,9,15H,3-4,7-8H2,1-2H3,(H,12,13). The maximum absolute atomic E-state index is 12.2. The van der Waals surface area contributed by atoms with E-state index in [1.165, 1.54) is 16.6 Å². The quantitative estimate of drug-likeness (QED) is 0.756. The van der Waals surface area contributed by atoms with Gasteiger partial charge < -0.3 is 10.4 Å². The Morgan fingerprint density at radius 3 is 2.56 bits per heavy atom.